The van der Waals surface area contributed by atoms with Crippen LogP contribution in [0, 0.1) is 0 Å². The third-order valence-electron chi connectivity index (χ3n) is 3.80. The minimum Gasteiger partial charge on any atom is -0.355 e. The normalized spacial score (nSPS) is 16.3. The van der Waals surface area contributed by atoms with Crippen molar-refractivity contribution in [3.8, 4) is 0 Å². The number of halogens is 1. The summed E-state index contributed by atoms with van der Waals surface area (Å²) in [5.74, 6) is 0.918. The van der Waals surface area contributed by atoms with E-state index in [0.29, 0.717) is 12.1 Å². The van der Waals surface area contributed by atoms with Crippen LogP contribution in [0.2, 0.25) is 5.02 Å². The van der Waals surface area contributed by atoms with E-state index in [2.05, 4.69) is 36.1 Å². The molecule has 0 spiro atoms. The zero-order chi connectivity index (χ0) is 13.8. The zero-order valence-corrected chi connectivity index (χ0v) is 12.9. The lowest BCUT2D eigenvalue weighted by Gasteiger charge is -2.26. The lowest BCUT2D eigenvalue weighted by atomic mass is 10.2. The Morgan fingerprint density at radius 3 is 2.68 bits per heavy atom. The van der Waals surface area contributed by atoms with E-state index < -0.39 is 0 Å². The summed E-state index contributed by atoms with van der Waals surface area (Å²) in [6.45, 7) is 5.09. The van der Waals surface area contributed by atoms with Gasteiger partial charge in [-0.3, -0.25) is 0 Å². The van der Waals surface area contributed by atoms with Crippen LogP contribution < -0.4 is 10.2 Å². The Kier molecular flexibility index (Phi) is 5.06. The Balaban J connectivity index is 2.05. The second-order valence-electron chi connectivity index (χ2n) is 5.73. The van der Waals surface area contributed by atoms with Crippen LogP contribution >= 0.6 is 11.6 Å². The molecule has 0 radical (unpaired) electrons. The fourth-order valence-corrected chi connectivity index (χ4v) is 2.94. The fraction of sp³-hybridized carbons (Fsp3) is 0.667. The van der Waals surface area contributed by atoms with Crippen molar-refractivity contribution in [1.29, 1.82) is 0 Å². The van der Waals surface area contributed by atoms with Gasteiger partial charge in [-0.25, -0.2) is 4.98 Å². The van der Waals surface area contributed by atoms with Gasteiger partial charge in [-0.05, 0) is 24.5 Å². The molecule has 1 saturated carbocycles. The predicted octanol–water partition coefficient (Wildman–Crippen LogP) is 3.61. The number of hydrogen-bond donors (Lipinski definition) is 1. The van der Waals surface area contributed by atoms with Gasteiger partial charge in [0.1, 0.15) is 5.82 Å². The van der Waals surface area contributed by atoms with Gasteiger partial charge in [-0.1, -0.05) is 38.3 Å². The molecule has 0 aliphatic heterocycles. The third-order valence-corrected chi connectivity index (χ3v) is 4.08. The van der Waals surface area contributed by atoms with Gasteiger partial charge in [0.05, 0.1) is 5.02 Å². The van der Waals surface area contributed by atoms with E-state index in [4.69, 9.17) is 11.6 Å². The van der Waals surface area contributed by atoms with Crippen LogP contribution in [0.5, 0.6) is 0 Å². The van der Waals surface area contributed by atoms with Crippen LogP contribution in [0.4, 0.5) is 5.82 Å². The van der Waals surface area contributed by atoms with Crippen LogP contribution in [-0.2, 0) is 6.54 Å². The summed E-state index contributed by atoms with van der Waals surface area (Å²) in [5, 5.41) is 4.14. The average molecular weight is 282 g/mol. The summed E-state index contributed by atoms with van der Waals surface area (Å²) < 4.78 is 0. The Morgan fingerprint density at radius 1 is 1.42 bits per heavy atom. The van der Waals surface area contributed by atoms with Gasteiger partial charge < -0.3 is 10.2 Å². The van der Waals surface area contributed by atoms with Crippen LogP contribution in [0.1, 0.15) is 45.1 Å². The number of hydrogen-bond acceptors (Lipinski definition) is 3. The second kappa shape index (κ2) is 6.58. The van der Waals surface area contributed by atoms with Crippen LogP contribution in [-0.4, -0.2) is 24.1 Å². The Hall–Kier alpha value is -0.800. The number of nitrogens with one attached hydrogen (secondary N) is 1. The molecule has 4 heteroatoms. The van der Waals surface area contributed by atoms with Gasteiger partial charge in [0.15, 0.2) is 0 Å². The molecule has 1 aromatic rings. The monoisotopic (exact) mass is 281 g/mol. The van der Waals surface area contributed by atoms with Crippen molar-refractivity contribution in [2.45, 2.75) is 58.2 Å². The molecule has 1 fully saturated rings. The van der Waals surface area contributed by atoms with E-state index >= 15 is 0 Å². The van der Waals surface area contributed by atoms with Crippen molar-refractivity contribution < 1.29 is 0 Å². The summed E-state index contributed by atoms with van der Waals surface area (Å²) in [5.41, 5.74) is 1.14. The Bertz CT molecular complexity index is 414. The molecule has 0 unspecified atom stereocenters. The van der Waals surface area contributed by atoms with E-state index in [1.54, 1.807) is 0 Å². The molecular weight excluding hydrogens is 258 g/mol. The van der Waals surface area contributed by atoms with Gasteiger partial charge >= 0.3 is 0 Å². The number of pyridine rings is 1. The highest BCUT2D eigenvalue weighted by molar-refractivity contribution is 6.33. The first kappa shape index (κ1) is 14.6. The lowest BCUT2D eigenvalue weighted by Crippen LogP contribution is -2.30. The van der Waals surface area contributed by atoms with E-state index in [0.717, 1.165) is 22.9 Å². The van der Waals surface area contributed by atoms with Crippen LogP contribution in [0.3, 0.4) is 0 Å². The van der Waals surface area contributed by atoms with Gasteiger partial charge in [-0.2, -0.15) is 0 Å². The van der Waals surface area contributed by atoms with E-state index in [1.807, 2.05) is 12.3 Å². The molecule has 0 atom stereocenters. The summed E-state index contributed by atoms with van der Waals surface area (Å²) in [7, 11) is 2.11. The Morgan fingerprint density at radius 2 is 2.11 bits per heavy atom. The fourth-order valence-electron chi connectivity index (χ4n) is 2.61. The molecule has 1 aliphatic rings. The van der Waals surface area contributed by atoms with Crippen molar-refractivity contribution in [1.82, 2.24) is 10.3 Å². The zero-order valence-electron chi connectivity index (χ0n) is 12.1. The third kappa shape index (κ3) is 3.83. The number of anilines is 1. The standard InChI is InChI=1S/C15H24ClN3/c1-11(2)17-9-12-8-14(16)15(18-10-12)19(3)13-6-4-5-7-13/h8,10-11,13,17H,4-7,9H2,1-3H3. The highest BCUT2D eigenvalue weighted by Crippen LogP contribution is 2.30. The van der Waals surface area contributed by atoms with Gasteiger partial charge in [0.25, 0.3) is 0 Å². The van der Waals surface area contributed by atoms with Gasteiger partial charge in [-0.15, -0.1) is 0 Å². The first-order chi connectivity index (χ1) is 9.08. The predicted molar refractivity (Wildman–Crippen MR) is 81.9 cm³/mol. The molecule has 3 nitrogen and oxygen atoms in total. The molecule has 1 aromatic heterocycles. The molecule has 19 heavy (non-hydrogen) atoms. The minimum atomic E-state index is 0.472. The summed E-state index contributed by atoms with van der Waals surface area (Å²) >= 11 is 6.39. The number of nitrogens with zero attached hydrogens (tertiary/aromatic N) is 2. The van der Waals surface area contributed by atoms with Crippen molar-refractivity contribution >= 4 is 17.4 Å². The summed E-state index contributed by atoms with van der Waals surface area (Å²) in [6.07, 6.45) is 7.09. The maximum Gasteiger partial charge on any atom is 0.147 e. The second-order valence-corrected chi connectivity index (χ2v) is 6.14. The molecule has 0 aromatic carbocycles. The molecule has 2 rings (SSSR count). The van der Waals surface area contributed by atoms with Crippen molar-refractivity contribution in [2.24, 2.45) is 0 Å². The molecule has 1 N–H and O–H groups in total. The molecule has 1 aliphatic carbocycles. The van der Waals surface area contributed by atoms with Crippen LogP contribution in [0.25, 0.3) is 0 Å². The molecule has 1 heterocycles. The SMILES string of the molecule is CC(C)NCc1cnc(N(C)C2CCCC2)c(Cl)c1. The minimum absolute atomic E-state index is 0.472. The molecular formula is C15H24ClN3. The average Bonchev–Trinajstić information content (AvgIpc) is 2.89. The maximum absolute atomic E-state index is 6.39. The quantitative estimate of drug-likeness (QED) is 0.894. The number of rotatable bonds is 5. The lowest BCUT2D eigenvalue weighted by molar-refractivity contribution is 0.587. The van der Waals surface area contributed by atoms with Gasteiger partial charge in [0, 0.05) is 31.9 Å². The first-order valence-corrected chi connectivity index (χ1v) is 7.56. The Labute approximate surface area is 121 Å². The smallest absolute Gasteiger partial charge is 0.147 e. The van der Waals surface area contributed by atoms with E-state index in [1.165, 1.54) is 25.7 Å². The topological polar surface area (TPSA) is 28.2 Å². The van der Waals surface area contributed by atoms with Crippen molar-refractivity contribution in [2.75, 3.05) is 11.9 Å². The van der Waals surface area contributed by atoms with E-state index in [-0.39, 0.29) is 0 Å². The highest BCUT2D eigenvalue weighted by Gasteiger charge is 2.22. The first-order valence-electron chi connectivity index (χ1n) is 7.18. The molecule has 0 amide bonds. The largest absolute Gasteiger partial charge is 0.355 e. The molecule has 106 valence electrons. The molecule has 0 saturated heterocycles. The van der Waals surface area contributed by atoms with Crippen molar-refractivity contribution in [3.63, 3.8) is 0 Å². The number of aromatic nitrogens is 1. The molecule has 0 bridgehead atoms. The van der Waals surface area contributed by atoms with E-state index in [9.17, 15) is 0 Å². The van der Waals surface area contributed by atoms with Gasteiger partial charge in [0.2, 0.25) is 0 Å². The van der Waals surface area contributed by atoms with Crippen LogP contribution in [0.15, 0.2) is 12.3 Å². The summed E-state index contributed by atoms with van der Waals surface area (Å²) in [6, 6.07) is 3.11. The summed E-state index contributed by atoms with van der Waals surface area (Å²) in [4.78, 5) is 6.80. The highest BCUT2D eigenvalue weighted by atomic mass is 35.5. The maximum atomic E-state index is 6.39. The van der Waals surface area contributed by atoms with Crippen molar-refractivity contribution in [3.05, 3.63) is 22.8 Å².